The number of nitrogens with zero attached hydrogens (tertiary/aromatic N) is 3. The second-order valence-corrected chi connectivity index (χ2v) is 5.88. The predicted octanol–water partition coefficient (Wildman–Crippen LogP) is 1.91. The largest absolute Gasteiger partial charge is 0.461 e. The van der Waals surface area contributed by atoms with Crippen LogP contribution in [-0.4, -0.2) is 54.2 Å². The minimum Gasteiger partial charge on any atom is -0.461 e. The first-order valence-electron chi connectivity index (χ1n) is 7.82. The monoisotopic (exact) mass is 293 g/mol. The molecule has 0 aromatic carbocycles. The van der Waals surface area contributed by atoms with Crippen LogP contribution in [0.15, 0.2) is 10.7 Å². The molecule has 21 heavy (non-hydrogen) atoms. The minimum absolute atomic E-state index is 0.252. The molecule has 3 rings (SSSR count). The van der Waals surface area contributed by atoms with E-state index in [0.29, 0.717) is 24.7 Å². The van der Waals surface area contributed by atoms with Gasteiger partial charge in [-0.3, -0.25) is 4.90 Å². The number of esters is 1. The van der Waals surface area contributed by atoms with Gasteiger partial charge in [-0.1, -0.05) is 6.42 Å². The van der Waals surface area contributed by atoms with Gasteiger partial charge in [0.25, 0.3) is 6.01 Å². The quantitative estimate of drug-likeness (QED) is 0.790. The minimum atomic E-state index is -0.422. The molecule has 1 atom stereocenters. The van der Waals surface area contributed by atoms with Crippen LogP contribution >= 0.6 is 0 Å². The average Bonchev–Trinajstić information content (AvgIpc) is 2.89. The summed E-state index contributed by atoms with van der Waals surface area (Å²) in [4.78, 5) is 20.5. The van der Waals surface area contributed by atoms with Crippen LogP contribution in [-0.2, 0) is 4.74 Å². The molecular weight excluding hydrogens is 270 g/mol. The molecule has 6 nitrogen and oxygen atoms in total. The van der Waals surface area contributed by atoms with Crippen LogP contribution in [0.4, 0.5) is 6.01 Å². The Hall–Kier alpha value is -1.56. The summed E-state index contributed by atoms with van der Waals surface area (Å²) in [6, 6.07) is 1.78. The molecule has 0 spiro atoms. The van der Waals surface area contributed by atoms with Crippen molar-refractivity contribution >= 4 is 12.0 Å². The fraction of sp³-hybridized carbons (Fsp3) is 0.733. The number of ether oxygens (including phenoxy) is 1. The van der Waals surface area contributed by atoms with Crippen LogP contribution in [0.2, 0.25) is 0 Å². The molecule has 2 aliphatic rings. The number of rotatable bonds is 4. The topological polar surface area (TPSA) is 58.8 Å². The number of hydrogen-bond donors (Lipinski definition) is 0. The Kier molecular flexibility index (Phi) is 4.14. The van der Waals surface area contributed by atoms with E-state index in [4.69, 9.17) is 9.15 Å². The molecule has 0 saturated carbocycles. The third-order valence-electron chi connectivity index (χ3n) is 4.43. The Morgan fingerprint density at radius 1 is 1.48 bits per heavy atom. The molecule has 1 aromatic heterocycles. The highest BCUT2D eigenvalue weighted by atomic mass is 16.5. The van der Waals surface area contributed by atoms with Crippen molar-refractivity contribution in [2.45, 2.75) is 45.2 Å². The van der Waals surface area contributed by atoms with Crippen LogP contribution in [0.1, 0.15) is 43.6 Å². The predicted molar refractivity (Wildman–Crippen MR) is 78.5 cm³/mol. The first kappa shape index (κ1) is 14.4. The van der Waals surface area contributed by atoms with E-state index in [1.54, 1.807) is 6.92 Å². The van der Waals surface area contributed by atoms with E-state index < -0.39 is 5.97 Å². The van der Waals surface area contributed by atoms with Crippen LogP contribution in [0.25, 0.3) is 0 Å². The molecule has 2 aliphatic heterocycles. The fourth-order valence-electron chi connectivity index (χ4n) is 3.19. The summed E-state index contributed by atoms with van der Waals surface area (Å²) in [6.45, 7) is 7.48. The number of carbonyl (C=O) groups excluding carboxylic acids is 1. The van der Waals surface area contributed by atoms with Gasteiger partial charge >= 0.3 is 5.97 Å². The molecule has 0 amide bonds. The maximum Gasteiger partial charge on any atom is 0.360 e. The Bertz CT molecular complexity index is 496. The van der Waals surface area contributed by atoms with E-state index in [2.05, 4.69) is 21.7 Å². The molecule has 0 N–H and O–H groups in total. The van der Waals surface area contributed by atoms with E-state index in [1.165, 1.54) is 32.1 Å². The van der Waals surface area contributed by atoms with Crippen molar-refractivity contribution in [3.8, 4) is 0 Å². The third-order valence-corrected chi connectivity index (χ3v) is 4.43. The highest BCUT2D eigenvalue weighted by molar-refractivity contribution is 5.87. The lowest BCUT2D eigenvalue weighted by Crippen LogP contribution is -2.62. The molecule has 2 fully saturated rings. The van der Waals surface area contributed by atoms with Gasteiger partial charge < -0.3 is 14.1 Å². The van der Waals surface area contributed by atoms with Crippen molar-refractivity contribution in [3.63, 3.8) is 0 Å². The van der Waals surface area contributed by atoms with Crippen LogP contribution in [0, 0.1) is 0 Å². The van der Waals surface area contributed by atoms with Gasteiger partial charge in [-0.2, -0.15) is 4.98 Å². The van der Waals surface area contributed by atoms with Gasteiger partial charge in [-0.25, -0.2) is 4.79 Å². The van der Waals surface area contributed by atoms with Crippen molar-refractivity contribution in [1.82, 2.24) is 9.88 Å². The molecule has 1 aromatic rings. The highest BCUT2D eigenvalue weighted by Gasteiger charge is 2.37. The standard InChI is InChI=1S/C15H23N3O3/c1-3-20-14(19)13-10-21-15(16-13)17-8-12(9-17)18-7-5-4-6-11(18)2/h10-12H,3-9H2,1-2H3. The first-order chi connectivity index (χ1) is 10.2. The summed E-state index contributed by atoms with van der Waals surface area (Å²) < 4.78 is 10.3. The number of hydrogen-bond acceptors (Lipinski definition) is 6. The Labute approximate surface area is 125 Å². The van der Waals surface area contributed by atoms with Gasteiger partial charge in [-0.05, 0) is 33.2 Å². The van der Waals surface area contributed by atoms with Crippen molar-refractivity contribution in [2.75, 3.05) is 31.1 Å². The van der Waals surface area contributed by atoms with Crippen molar-refractivity contribution < 1.29 is 13.9 Å². The van der Waals surface area contributed by atoms with Crippen LogP contribution in [0.5, 0.6) is 0 Å². The highest BCUT2D eigenvalue weighted by Crippen LogP contribution is 2.27. The molecule has 6 heteroatoms. The maximum absolute atomic E-state index is 11.6. The molecule has 1 unspecified atom stereocenters. The summed E-state index contributed by atoms with van der Waals surface area (Å²) in [7, 11) is 0. The molecule has 0 radical (unpaired) electrons. The van der Waals surface area contributed by atoms with E-state index in [1.807, 2.05) is 0 Å². The van der Waals surface area contributed by atoms with E-state index >= 15 is 0 Å². The summed E-state index contributed by atoms with van der Waals surface area (Å²) in [5.41, 5.74) is 0.252. The van der Waals surface area contributed by atoms with E-state index in [-0.39, 0.29) is 5.69 Å². The SMILES string of the molecule is CCOC(=O)c1coc(N2CC(N3CCCCC3C)C2)n1. The zero-order valence-electron chi connectivity index (χ0n) is 12.7. The molecule has 3 heterocycles. The van der Waals surface area contributed by atoms with Gasteiger partial charge in [-0.15, -0.1) is 0 Å². The summed E-state index contributed by atoms with van der Waals surface area (Å²) in [5, 5.41) is 0. The lowest BCUT2D eigenvalue weighted by molar-refractivity contribution is 0.0519. The molecule has 116 valence electrons. The molecule has 2 saturated heterocycles. The Morgan fingerprint density at radius 3 is 3.00 bits per heavy atom. The maximum atomic E-state index is 11.6. The number of carbonyl (C=O) groups is 1. The van der Waals surface area contributed by atoms with Crippen molar-refractivity contribution in [3.05, 3.63) is 12.0 Å². The van der Waals surface area contributed by atoms with Crippen LogP contribution in [0.3, 0.4) is 0 Å². The number of piperidine rings is 1. The van der Waals surface area contributed by atoms with Crippen LogP contribution < -0.4 is 4.90 Å². The number of likely N-dealkylation sites (tertiary alicyclic amines) is 1. The summed E-state index contributed by atoms with van der Waals surface area (Å²) in [6.07, 6.45) is 5.32. The fourth-order valence-corrected chi connectivity index (χ4v) is 3.19. The smallest absolute Gasteiger partial charge is 0.360 e. The third kappa shape index (κ3) is 2.90. The zero-order chi connectivity index (χ0) is 14.8. The molecule has 0 aliphatic carbocycles. The van der Waals surface area contributed by atoms with Crippen molar-refractivity contribution in [1.29, 1.82) is 0 Å². The normalized spacial score (nSPS) is 23.9. The molecular formula is C15H23N3O3. The van der Waals surface area contributed by atoms with Crippen molar-refractivity contribution in [2.24, 2.45) is 0 Å². The van der Waals surface area contributed by atoms with Gasteiger partial charge in [0.15, 0.2) is 5.69 Å². The summed E-state index contributed by atoms with van der Waals surface area (Å²) >= 11 is 0. The van der Waals surface area contributed by atoms with Gasteiger partial charge in [0.05, 0.1) is 6.61 Å². The van der Waals surface area contributed by atoms with Gasteiger partial charge in [0, 0.05) is 25.2 Å². The van der Waals surface area contributed by atoms with E-state index in [0.717, 1.165) is 13.1 Å². The second kappa shape index (κ2) is 6.05. The lowest BCUT2D eigenvalue weighted by Gasteiger charge is -2.48. The van der Waals surface area contributed by atoms with E-state index in [9.17, 15) is 4.79 Å². The second-order valence-electron chi connectivity index (χ2n) is 5.88. The number of aromatic nitrogens is 1. The Morgan fingerprint density at radius 2 is 2.29 bits per heavy atom. The average molecular weight is 293 g/mol. The number of anilines is 1. The molecule has 0 bridgehead atoms. The number of oxazole rings is 1. The van der Waals surface area contributed by atoms with Gasteiger partial charge in [0.1, 0.15) is 6.26 Å². The zero-order valence-corrected chi connectivity index (χ0v) is 12.7. The Balaban J connectivity index is 1.55. The lowest BCUT2D eigenvalue weighted by atomic mass is 9.98. The summed E-state index contributed by atoms with van der Waals surface area (Å²) in [5.74, 6) is -0.422. The van der Waals surface area contributed by atoms with Gasteiger partial charge in [0.2, 0.25) is 0 Å². The first-order valence-corrected chi connectivity index (χ1v) is 7.82.